The number of β-lactam (4-membered cyclic amide) rings is 1. The third-order valence-corrected chi connectivity index (χ3v) is 6.33. The summed E-state index contributed by atoms with van der Waals surface area (Å²) in [5.41, 5.74) is -0.423. The standard InChI is InChI=1S/C18H25NO6S/c1-9(20)11-12-10-6-5-7-26-14(10)13(19(12)15(11)21)16(22)24-8-25-17(23)18(2,3)4/h9-12,20H,5-8H2,1-4H3/t9-,10+,11-,12-/m1/s1. The monoisotopic (exact) mass is 383 g/mol. The van der Waals surface area contributed by atoms with Gasteiger partial charge in [0.05, 0.1) is 23.5 Å². The molecule has 7 nitrogen and oxygen atoms in total. The van der Waals surface area contributed by atoms with Gasteiger partial charge in [0.25, 0.3) is 0 Å². The van der Waals surface area contributed by atoms with Crippen LogP contribution in [0.4, 0.5) is 0 Å². The topological polar surface area (TPSA) is 93.1 Å². The summed E-state index contributed by atoms with van der Waals surface area (Å²) in [5.74, 6) is -0.877. The number of thioether (sulfide) groups is 1. The molecule has 0 saturated carbocycles. The normalized spacial score (nSPS) is 28.9. The Morgan fingerprint density at radius 2 is 2.04 bits per heavy atom. The van der Waals surface area contributed by atoms with E-state index in [9.17, 15) is 19.5 Å². The number of aliphatic hydroxyl groups is 1. The highest BCUT2D eigenvalue weighted by Crippen LogP contribution is 2.54. The highest BCUT2D eigenvalue weighted by Gasteiger charge is 2.61. The van der Waals surface area contributed by atoms with Crippen LogP contribution in [0.5, 0.6) is 0 Å². The van der Waals surface area contributed by atoms with Gasteiger partial charge in [-0.05, 0) is 46.3 Å². The van der Waals surface area contributed by atoms with Crippen LogP contribution in [0.25, 0.3) is 0 Å². The summed E-state index contributed by atoms with van der Waals surface area (Å²) in [5, 5.41) is 9.94. The molecule has 4 atom stereocenters. The lowest BCUT2D eigenvalue weighted by molar-refractivity contribution is -0.175. The van der Waals surface area contributed by atoms with Crippen molar-refractivity contribution in [2.75, 3.05) is 12.5 Å². The molecule has 144 valence electrons. The summed E-state index contributed by atoms with van der Waals surface area (Å²) in [7, 11) is 0. The number of aliphatic hydroxyl groups excluding tert-OH is 1. The smallest absolute Gasteiger partial charge is 0.358 e. The fourth-order valence-electron chi connectivity index (χ4n) is 3.75. The molecule has 2 saturated heterocycles. The maximum atomic E-state index is 12.6. The number of amides is 1. The first-order valence-corrected chi connectivity index (χ1v) is 9.85. The molecule has 8 heteroatoms. The number of hydrogen-bond donors (Lipinski definition) is 1. The first kappa shape index (κ1) is 19.2. The molecule has 0 aromatic carbocycles. The lowest BCUT2D eigenvalue weighted by Crippen LogP contribution is -2.64. The first-order valence-electron chi connectivity index (χ1n) is 8.87. The van der Waals surface area contributed by atoms with Crippen molar-refractivity contribution in [3.05, 3.63) is 10.6 Å². The Kier molecular flexibility index (Phi) is 5.09. The molecule has 0 aromatic heterocycles. The Balaban J connectivity index is 1.72. The third kappa shape index (κ3) is 3.13. The number of fused-ring (bicyclic) bond motifs is 3. The highest BCUT2D eigenvalue weighted by molar-refractivity contribution is 8.03. The molecular formula is C18H25NO6S. The van der Waals surface area contributed by atoms with Crippen LogP contribution in [0, 0.1) is 17.3 Å². The summed E-state index contributed by atoms with van der Waals surface area (Å²) >= 11 is 1.57. The van der Waals surface area contributed by atoms with Gasteiger partial charge in [-0.2, -0.15) is 0 Å². The predicted octanol–water partition coefficient (Wildman–Crippen LogP) is 1.65. The molecular weight excluding hydrogens is 358 g/mol. The average Bonchev–Trinajstić information content (AvgIpc) is 2.84. The number of carbonyl (C=O) groups is 3. The fraction of sp³-hybridized carbons (Fsp3) is 0.722. The minimum absolute atomic E-state index is 0.0747. The molecule has 0 radical (unpaired) electrons. The van der Waals surface area contributed by atoms with E-state index in [0.717, 1.165) is 23.5 Å². The van der Waals surface area contributed by atoms with Gasteiger partial charge < -0.3 is 19.5 Å². The second kappa shape index (κ2) is 6.88. The third-order valence-electron chi connectivity index (χ3n) is 5.03. The average molecular weight is 383 g/mol. The molecule has 3 aliphatic heterocycles. The Hall–Kier alpha value is -1.54. The van der Waals surface area contributed by atoms with Crippen molar-refractivity contribution in [3.63, 3.8) is 0 Å². The second-order valence-electron chi connectivity index (χ2n) is 8.01. The lowest BCUT2D eigenvalue weighted by atomic mass is 9.77. The molecule has 0 spiro atoms. The van der Waals surface area contributed by atoms with Crippen molar-refractivity contribution in [2.24, 2.45) is 17.3 Å². The van der Waals surface area contributed by atoms with Crippen molar-refractivity contribution >= 4 is 29.6 Å². The van der Waals surface area contributed by atoms with Gasteiger partial charge in [-0.25, -0.2) is 4.79 Å². The van der Waals surface area contributed by atoms with Crippen LogP contribution in [-0.2, 0) is 23.9 Å². The maximum absolute atomic E-state index is 12.6. The summed E-state index contributed by atoms with van der Waals surface area (Å²) in [6, 6.07) is -0.176. The van der Waals surface area contributed by atoms with Crippen LogP contribution in [0.2, 0.25) is 0 Å². The number of rotatable bonds is 4. The van der Waals surface area contributed by atoms with Gasteiger partial charge in [-0.1, -0.05) is 0 Å². The summed E-state index contributed by atoms with van der Waals surface area (Å²) in [4.78, 5) is 39.2. The molecule has 0 aromatic rings. The zero-order valence-electron chi connectivity index (χ0n) is 15.5. The van der Waals surface area contributed by atoms with Gasteiger partial charge in [0, 0.05) is 10.8 Å². The summed E-state index contributed by atoms with van der Waals surface area (Å²) in [6.07, 6.45) is 1.14. The fourth-order valence-corrected chi connectivity index (χ4v) is 5.07. The number of carbonyl (C=O) groups excluding carboxylic acids is 3. The van der Waals surface area contributed by atoms with Crippen molar-refractivity contribution in [3.8, 4) is 0 Å². The van der Waals surface area contributed by atoms with Gasteiger partial charge in [-0.3, -0.25) is 9.59 Å². The van der Waals surface area contributed by atoms with E-state index in [4.69, 9.17) is 9.47 Å². The molecule has 1 amide bonds. The highest BCUT2D eigenvalue weighted by atomic mass is 32.2. The molecule has 3 aliphatic rings. The predicted molar refractivity (Wildman–Crippen MR) is 94.5 cm³/mol. The van der Waals surface area contributed by atoms with E-state index in [-0.39, 0.29) is 23.6 Å². The van der Waals surface area contributed by atoms with Gasteiger partial charge in [0.1, 0.15) is 5.70 Å². The SMILES string of the molecule is C[C@@H](O)[C@H]1C(=O)N2C(C(=O)OCOC(=O)C(C)(C)C)=C3SCCC[C@H]3[C@H]12. The van der Waals surface area contributed by atoms with E-state index in [1.165, 1.54) is 4.90 Å². The van der Waals surface area contributed by atoms with Gasteiger partial charge in [0.2, 0.25) is 12.7 Å². The minimum Gasteiger partial charge on any atom is -0.427 e. The second-order valence-corrected chi connectivity index (χ2v) is 9.14. The maximum Gasteiger partial charge on any atom is 0.358 e. The first-order chi connectivity index (χ1) is 12.1. The number of hydrogen-bond acceptors (Lipinski definition) is 7. The molecule has 3 rings (SSSR count). The molecule has 0 bridgehead atoms. The zero-order chi connectivity index (χ0) is 19.2. The number of esters is 2. The minimum atomic E-state index is -0.750. The molecule has 26 heavy (non-hydrogen) atoms. The van der Waals surface area contributed by atoms with Gasteiger partial charge >= 0.3 is 11.9 Å². The Morgan fingerprint density at radius 1 is 1.35 bits per heavy atom. The molecule has 2 fully saturated rings. The Labute approximate surface area is 157 Å². The van der Waals surface area contributed by atoms with Crippen LogP contribution in [0.3, 0.4) is 0 Å². The lowest BCUT2D eigenvalue weighted by Gasteiger charge is -2.47. The zero-order valence-corrected chi connectivity index (χ0v) is 16.3. The number of ether oxygens (including phenoxy) is 2. The van der Waals surface area contributed by atoms with Crippen LogP contribution in [-0.4, -0.2) is 52.5 Å². The van der Waals surface area contributed by atoms with Crippen LogP contribution in [0.1, 0.15) is 40.5 Å². The van der Waals surface area contributed by atoms with Crippen molar-refractivity contribution < 1.29 is 29.0 Å². The molecule has 1 N–H and O–H groups in total. The van der Waals surface area contributed by atoms with E-state index in [1.807, 2.05) is 0 Å². The molecule has 0 unspecified atom stereocenters. The van der Waals surface area contributed by atoms with Gasteiger partial charge in [0.15, 0.2) is 0 Å². The van der Waals surface area contributed by atoms with E-state index < -0.39 is 36.2 Å². The molecule has 0 aliphatic carbocycles. The van der Waals surface area contributed by atoms with E-state index in [1.54, 1.807) is 39.5 Å². The largest absolute Gasteiger partial charge is 0.427 e. The van der Waals surface area contributed by atoms with Crippen molar-refractivity contribution in [1.82, 2.24) is 4.90 Å². The van der Waals surface area contributed by atoms with E-state index >= 15 is 0 Å². The van der Waals surface area contributed by atoms with Crippen molar-refractivity contribution in [2.45, 2.75) is 52.7 Å². The molecule has 3 heterocycles. The van der Waals surface area contributed by atoms with Crippen molar-refractivity contribution in [1.29, 1.82) is 0 Å². The Bertz CT molecular complexity index is 665. The van der Waals surface area contributed by atoms with Gasteiger partial charge in [-0.15, -0.1) is 11.8 Å². The van der Waals surface area contributed by atoms with E-state index in [2.05, 4.69) is 0 Å². The summed E-state index contributed by atoms with van der Waals surface area (Å²) in [6.45, 7) is 6.26. The van der Waals surface area contributed by atoms with Crippen LogP contribution < -0.4 is 0 Å². The van der Waals surface area contributed by atoms with Crippen LogP contribution >= 0.6 is 11.8 Å². The quantitative estimate of drug-likeness (QED) is 0.448. The van der Waals surface area contributed by atoms with Crippen LogP contribution in [0.15, 0.2) is 10.6 Å². The Morgan fingerprint density at radius 3 is 2.65 bits per heavy atom. The summed E-state index contributed by atoms with van der Waals surface area (Å²) < 4.78 is 10.1. The van der Waals surface area contributed by atoms with E-state index in [0.29, 0.717) is 0 Å². The number of nitrogens with zero attached hydrogens (tertiary/aromatic N) is 1.